The summed E-state index contributed by atoms with van der Waals surface area (Å²) in [5, 5.41) is 16.1. The van der Waals surface area contributed by atoms with Gasteiger partial charge in [0.1, 0.15) is 5.75 Å². The standard InChI is InChI=1S/C15H11ClIN3O4S/c1-24-13-5-2-8(6-11(13)17)14(21)19-15(25)18-12-4-3-9(20(22)23)7-10(12)16/h2-7H,1H3,(H2,18,19,21,25). The lowest BCUT2D eigenvalue weighted by molar-refractivity contribution is -0.384. The zero-order valence-corrected chi connectivity index (χ0v) is 16.4. The maximum absolute atomic E-state index is 12.2. The molecule has 2 N–H and O–H groups in total. The van der Waals surface area contributed by atoms with Crippen molar-refractivity contribution in [3.8, 4) is 5.75 Å². The molecule has 0 spiro atoms. The largest absolute Gasteiger partial charge is 0.496 e. The molecule has 2 rings (SSSR count). The second-order valence-electron chi connectivity index (χ2n) is 4.68. The van der Waals surface area contributed by atoms with E-state index in [4.69, 9.17) is 28.6 Å². The maximum atomic E-state index is 12.2. The molecule has 0 heterocycles. The molecule has 0 radical (unpaired) electrons. The maximum Gasteiger partial charge on any atom is 0.271 e. The van der Waals surface area contributed by atoms with Crippen molar-refractivity contribution in [3.63, 3.8) is 0 Å². The molecule has 0 saturated heterocycles. The first-order chi connectivity index (χ1) is 11.8. The van der Waals surface area contributed by atoms with Gasteiger partial charge in [0.25, 0.3) is 11.6 Å². The van der Waals surface area contributed by atoms with Crippen molar-refractivity contribution in [3.05, 3.63) is 60.7 Å². The first kappa shape index (κ1) is 19.3. The highest BCUT2D eigenvalue weighted by Gasteiger charge is 2.13. The van der Waals surface area contributed by atoms with Gasteiger partial charge in [-0.25, -0.2) is 0 Å². The van der Waals surface area contributed by atoms with E-state index >= 15 is 0 Å². The zero-order chi connectivity index (χ0) is 18.6. The lowest BCUT2D eigenvalue weighted by atomic mass is 10.2. The highest BCUT2D eigenvalue weighted by atomic mass is 127. The summed E-state index contributed by atoms with van der Waals surface area (Å²) in [7, 11) is 1.55. The second kappa shape index (κ2) is 8.41. The van der Waals surface area contributed by atoms with Gasteiger partial charge in [0.15, 0.2) is 5.11 Å². The summed E-state index contributed by atoms with van der Waals surface area (Å²) >= 11 is 13.1. The van der Waals surface area contributed by atoms with Crippen molar-refractivity contribution >= 4 is 68.8 Å². The molecule has 1 amide bonds. The number of rotatable bonds is 4. The summed E-state index contributed by atoms with van der Waals surface area (Å²) < 4.78 is 5.92. The third-order valence-electron chi connectivity index (χ3n) is 3.05. The number of nitrogens with one attached hydrogen (secondary N) is 2. The number of hydrogen-bond donors (Lipinski definition) is 2. The highest BCUT2D eigenvalue weighted by molar-refractivity contribution is 14.1. The van der Waals surface area contributed by atoms with Gasteiger partial charge in [0.05, 0.1) is 26.3 Å². The SMILES string of the molecule is COc1ccc(C(=O)NC(=S)Nc2ccc([N+](=O)[O-])cc2Cl)cc1I. The quantitative estimate of drug-likeness (QED) is 0.291. The topological polar surface area (TPSA) is 93.5 Å². The van der Waals surface area contributed by atoms with Crippen molar-refractivity contribution in [2.24, 2.45) is 0 Å². The Kier molecular flexibility index (Phi) is 6.51. The number of nitrogens with zero attached hydrogens (tertiary/aromatic N) is 1. The molecule has 0 aromatic heterocycles. The number of benzene rings is 2. The Morgan fingerprint density at radius 3 is 2.60 bits per heavy atom. The zero-order valence-electron chi connectivity index (χ0n) is 12.7. The first-order valence-electron chi connectivity index (χ1n) is 6.71. The number of carbonyl (C=O) groups excluding carboxylic acids is 1. The molecular formula is C15H11ClIN3O4S. The number of nitro benzene ring substituents is 1. The van der Waals surface area contributed by atoms with Gasteiger partial charge in [-0.15, -0.1) is 0 Å². The Labute approximate surface area is 167 Å². The number of methoxy groups -OCH3 is 1. The predicted octanol–water partition coefficient (Wildman–Crippen LogP) is 3.99. The van der Waals surface area contributed by atoms with Crippen LogP contribution in [0, 0.1) is 13.7 Å². The average Bonchev–Trinajstić information content (AvgIpc) is 2.56. The molecule has 2 aromatic carbocycles. The summed E-state index contributed by atoms with van der Waals surface area (Å²) in [6.07, 6.45) is 0. The monoisotopic (exact) mass is 491 g/mol. The molecule has 10 heteroatoms. The minimum Gasteiger partial charge on any atom is -0.496 e. The van der Waals surface area contributed by atoms with Crippen LogP contribution in [-0.2, 0) is 0 Å². The van der Waals surface area contributed by atoms with Gasteiger partial charge in [-0.3, -0.25) is 20.2 Å². The summed E-state index contributed by atoms with van der Waals surface area (Å²) in [6, 6.07) is 8.84. The fourth-order valence-corrected chi connectivity index (χ4v) is 3.02. The third kappa shape index (κ3) is 5.00. The van der Waals surface area contributed by atoms with Crippen LogP contribution in [0.3, 0.4) is 0 Å². The van der Waals surface area contributed by atoms with Crippen molar-refractivity contribution in [2.45, 2.75) is 0 Å². The van der Waals surface area contributed by atoms with Crippen LogP contribution < -0.4 is 15.4 Å². The number of hydrogen-bond acceptors (Lipinski definition) is 5. The molecule has 0 saturated carbocycles. The van der Waals surface area contributed by atoms with E-state index in [9.17, 15) is 14.9 Å². The minimum atomic E-state index is -0.555. The molecule has 0 aliphatic heterocycles. The number of non-ortho nitro benzene ring substituents is 1. The third-order valence-corrected chi connectivity index (χ3v) is 4.41. The molecule has 0 aliphatic carbocycles. The van der Waals surface area contributed by atoms with Gasteiger partial charge in [-0.1, -0.05) is 11.6 Å². The van der Waals surface area contributed by atoms with E-state index in [-0.39, 0.29) is 15.8 Å². The van der Waals surface area contributed by atoms with Crippen LogP contribution >= 0.6 is 46.4 Å². The molecule has 0 unspecified atom stereocenters. The van der Waals surface area contributed by atoms with Crippen LogP contribution in [0.5, 0.6) is 5.75 Å². The van der Waals surface area contributed by atoms with Crippen molar-refractivity contribution in [1.29, 1.82) is 0 Å². The van der Waals surface area contributed by atoms with Crippen molar-refractivity contribution in [2.75, 3.05) is 12.4 Å². The Hall–Kier alpha value is -1.98. The smallest absolute Gasteiger partial charge is 0.271 e. The molecule has 25 heavy (non-hydrogen) atoms. The normalized spacial score (nSPS) is 10.0. The van der Waals surface area contributed by atoms with E-state index < -0.39 is 10.8 Å². The van der Waals surface area contributed by atoms with Crippen molar-refractivity contribution in [1.82, 2.24) is 5.32 Å². The first-order valence-corrected chi connectivity index (χ1v) is 8.58. The van der Waals surface area contributed by atoms with E-state index in [1.54, 1.807) is 25.3 Å². The van der Waals surface area contributed by atoms with Crippen molar-refractivity contribution < 1.29 is 14.5 Å². The van der Waals surface area contributed by atoms with E-state index in [1.165, 1.54) is 18.2 Å². The van der Waals surface area contributed by atoms with E-state index in [0.717, 1.165) is 3.57 Å². The Balaban J connectivity index is 2.06. The van der Waals surface area contributed by atoms with Gasteiger partial charge in [-0.2, -0.15) is 0 Å². The predicted molar refractivity (Wildman–Crippen MR) is 108 cm³/mol. The Bertz CT molecular complexity index is 863. The molecule has 0 aliphatic rings. The Morgan fingerprint density at radius 1 is 1.32 bits per heavy atom. The van der Waals surface area contributed by atoms with Crippen LogP contribution in [0.4, 0.5) is 11.4 Å². The number of thiocarbonyl (C=S) groups is 1. The van der Waals surface area contributed by atoms with Crippen LogP contribution in [-0.4, -0.2) is 23.1 Å². The van der Waals surface area contributed by atoms with Gasteiger partial charge in [0.2, 0.25) is 0 Å². The number of carbonyl (C=O) groups is 1. The molecule has 130 valence electrons. The molecule has 0 fully saturated rings. The fourth-order valence-electron chi connectivity index (χ4n) is 1.86. The van der Waals surface area contributed by atoms with Crippen LogP contribution in [0.1, 0.15) is 10.4 Å². The van der Waals surface area contributed by atoms with Gasteiger partial charge >= 0.3 is 0 Å². The van der Waals surface area contributed by atoms with E-state index in [1.807, 2.05) is 0 Å². The van der Waals surface area contributed by atoms with E-state index in [2.05, 4.69) is 33.2 Å². The van der Waals surface area contributed by atoms with Gasteiger partial charge in [0, 0.05) is 17.7 Å². The van der Waals surface area contributed by atoms with Gasteiger partial charge in [-0.05, 0) is 59.1 Å². The second-order valence-corrected chi connectivity index (χ2v) is 6.66. The summed E-state index contributed by atoms with van der Waals surface area (Å²) in [4.78, 5) is 22.4. The van der Waals surface area contributed by atoms with Crippen LogP contribution in [0.2, 0.25) is 5.02 Å². The molecule has 2 aromatic rings. The van der Waals surface area contributed by atoms with Crippen LogP contribution in [0.25, 0.3) is 0 Å². The van der Waals surface area contributed by atoms with Crippen LogP contribution in [0.15, 0.2) is 36.4 Å². The van der Waals surface area contributed by atoms with Gasteiger partial charge < -0.3 is 10.1 Å². The number of halogens is 2. The lowest BCUT2D eigenvalue weighted by Crippen LogP contribution is -2.34. The lowest BCUT2D eigenvalue weighted by Gasteiger charge is -2.11. The fraction of sp³-hybridized carbons (Fsp3) is 0.0667. The summed E-state index contributed by atoms with van der Waals surface area (Å²) in [5.74, 6) is 0.256. The van der Waals surface area contributed by atoms with E-state index in [0.29, 0.717) is 17.0 Å². The summed E-state index contributed by atoms with van der Waals surface area (Å²) in [5.41, 5.74) is 0.615. The molecular weight excluding hydrogens is 481 g/mol. The Morgan fingerprint density at radius 2 is 2.04 bits per heavy atom. The number of ether oxygens (including phenoxy) is 1. The minimum absolute atomic E-state index is 0.0200. The number of amides is 1. The molecule has 7 nitrogen and oxygen atoms in total. The highest BCUT2D eigenvalue weighted by Crippen LogP contribution is 2.26. The molecule has 0 bridgehead atoms. The average molecular weight is 492 g/mol. The number of nitro groups is 1. The molecule has 0 atom stereocenters. The number of anilines is 1. The summed E-state index contributed by atoms with van der Waals surface area (Å²) in [6.45, 7) is 0.